The Morgan fingerprint density at radius 3 is 3.06 bits per heavy atom. The van der Waals surface area contributed by atoms with E-state index < -0.39 is 0 Å². The Kier molecular flexibility index (Phi) is 5.45. The van der Waals surface area contributed by atoms with E-state index in [1.165, 1.54) is 43.6 Å². The molecule has 18 heavy (non-hydrogen) atoms. The smallest absolute Gasteiger partial charge is 0.182 e. The predicted octanol–water partition coefficient (Wildman–Crippen LogP) is 3.59. The van der Waals surface area contributed by atoms with Crippen LogP contribution in [0.25, 0.3) is 0 Å². The van der Waals surface area contributed by atoms with Gasteiger partial charge in [-0.1, -0.05) is 13.3 Å². The Morgan fingerprint density at radius 2 is 2.28 bits per heavy atom. The summed E-state index contributed by atoms with van der Waals surface area (Å²) in [6, 6.07) is 0. The Morgan fingerprint density at radius 1 is 1.39 bits per heavy atom. The first-order valence-electron chi connectivity index (χ1n) is 7.22. The molecule has 0 spiro atoms. The average molecular weight is 267 g/mol. The fraction of sp³-hybridized carbons (Fsp3) is 0.786. The lowest BCUT2D eigenvalue weighted by atomic mass is 9.98. The standard InChI is InChI=1S/C14H25N3S/c1-3-12-6-5-8-17(9-7-12)11-13-10-16-14(18-13)15-4-2/h10,12H,3-9,11H2,1-2H3,(H,15,16). The van der Waals surface area contributed by atoms with Crippen LogP contribution in [0.5, 0.6) is 0 Å². The third-order valence-electron chi connectivity index (χ3n) is 3.78. The summed E-state index contributed by atoms with van der Waals surface area (Å²) in [5.41, 5.74) is 0. The van der Waals surface area contributed by atoms with Crippen molar-refractivity contribution in [3.8, 4) is 0 Å². The molecule has 1 aliphatic rings. The highest BCUT2D eigenvalue weighted by Crippen LogP contribution is 2.24. The summed E-state index contributed by atoms with van der Waals surface area (Å²) >= 11 is 1.80. The minimum atomic E-state index is 0.953. The van der Waals surface area contributed by atoms with Crippen LogP contribution in [0, 0.1) is 5.92 Å². The molecular formula is C14H25N3S. The van der Waals surface area contributed by atoms with Crippen LogP contribution in [-0.2, 0) is 6.54 Å². The van der Waals surface area contributed by atoms with Crippen molar-refractivity contribution < 1.29 is 0 Å². The molecule has 1 aromatic rings. The monoisotopic (exact) mass is 267 g/mol. The molecule has 0 radical (unpaired) electrons. The van der Waals surface area contributed by atoms with Crippen molar-refractivity contribution in [3.05, 3.63) is 11.1 Å². The lowest BCUT2D eigenvalue weighted by Crippen LogP contribution is -2.23. The van der Waals surface area contributed by atoms with Gasteiger partial charge in [0.1, 0.15) is 0 Å². The van der Waals surface area contributed by atoms with Crippen molar-refractivity contribution in [2.75, 3.05) is 25.0 Å². The Hall–Kier alpha value is -0.610. The van der Waals surface area contributed by atoms with Crippen LogP contribution in [0.3, 0.4) is 0 Å². The number of likely N-dealkylation sites (tertiary alicyclic amines) is 1. The van der Waals surface area contributed by atoms with E-state index in [9.17, 15) is 0 Å². The van der Waals surface area contributed by atoms with Crippen LogP contribution in [-0.4, -0.2) is 29.5 Å². The zero-order valence-corrected chi connectivity index (χ0v) is 12.4. The van der Waals surface area contributed by atoms with E-state index in [0.29, 0.717) is 0 Å². The number of hydrogen-bond acceptors (Lipinski definition) is 4. The van der Waals surface area contributed by atoms with Gasteiger partial charge >= 0.3 is 0 Å². The van der Waals surface area contributed by atoms with Gasteiger partial charge in [-0.2, -0.15) is 0 Å². The summed E-state index contributed by atoms with van der Waals surface area (Å²) in [5, 5.41) is 4.35. The van der Waals surface area contributed by atoms with Crippen LogP contribution in [0.4, 0.5) is 5.13 Å². The normalized spacial score (nSPS) is 21.8. The van der Waals surface area contributed by atoms with E-state index in [2.05, 4.69) is 29.0 Å². The molecule has 0 bridgehead atoms. The maximum atomic E-state index is 4.41. The van der Waals surface area contributed by atoms with Gasteiger partial charge < -0.3 is 5.32 Å². The molecule has 2 heterocycles. The van der Waals surface area contributed by atoms with Gasteiger partial charge in [-0.3, -0.25) is 4.90 Å². The first-order chi connectivity index (χ1) is 8.81. The van der Waals surface area contributed by atoms with Gasteiger partial charge in [0.15, 0.2) is 5.13 Å². The van der Waals surface area contributed by atoms with Crippen molar-refractivity contribution in [2.24, 2.45) is 5.92 Å². The number of rotatable bonds is 5. The fourth-order valence-corrected chi connectivity index (χ4v) is 3.55. The summed E-state index contributed by atoms with van der Waals surface area (Å²) in [5.74, 6) is 0.953. The number of hydrogen-bond donors (Lipinski definition) is 1. The van der Waals surface area contributed by atoms with Crippen molar-refractivity contribution >= 4 is 16.5 Å². The zero-order chi connectivity index (χ0) is 12.8. The van der Waals surface area contributed by atoms with Crippen LogP contribution in [0.1, 0.15) is 44.4 Å². The SMILES string of the molecule is CCNc1ncc(CN2CCCC(CC)CC2)s1. The minimum Gasteiger partial charge on any atom is -0.362 e. The summed E-state index contributed by atoms with van der Waals surface area (Å²) < 4.78 is 0. The second-order valence-corrected chi connectivity index (χ2v) is 6.26. The molecule has 0 saturated carbocycles. The zero-order valence-electron chi connectivity index (χ0n) is 11.6. The van der Waals surface area contributed by atoms with Crippen molar-refractivity contribution in [2.45, 2.75) is 46.1 Å². The molecule has 1 aliphatic heterocycles. The molecule has 2 rings (SSSR count). The molecular weight excluding hydrogens is 242 g/mol. The van der Waals surface area contributed by atoms with Gasteiger partial charge in [0, 0.05) is 24.2 Å². The summed E-state index contributed by atoms with van der Waals surface area (Å²) in [6.07, 6.45) is 7.52. The van der Waals surface area contributed by atoms with E-state index >= 15 is 0 Å². The maximum Gasteiger partial charge on any atom is 0.182 e. The van der Waals surface area contributed by atoms with Crippen LogP contribution < -0.4 is 5.32 Å². The Labute approximate surface area is 115 Å². The number of nitrogens with zero attached hydrogens (tertiary/aromatic N) is 2. The van der Waals surface area contributed by atoms with E-state index in [1.54, 1.807) is 11.3 Å². The Bertz CT molecular complexity index is 351. The van der Waals surface area contributed by atoms with E-state index in [1.807, 2.05) is 6.20 Å². The first kappa shape index (κ1) is 13.8. The van der Waals surface area contributed by atoms with Crippen LogP contribution >= 0.6 is 11.3 Å². The fourth-order valence-electron chi connectivity index (χ4n) is 2.63. The molecule has 4 heteroatoms. The van der Waals surface area contributed by atoms with Crippen molar-refractivity contribution in [1.82, 2.24) is 9.88 Å². The molecule has 1 aromatic heterocycles. The number of anilines is 1. The van der Waals surface area contributed by atoms with E-state index in [-0.39, 0.29) is 0 Å². The van der Waals surface area contributed by atoms with Gasteiger partial charge in [0.25, 0.3) is 0 Å². The number of thiazole rings is 1. The first-order valence-corrected chi connectivity index (χ1v) is 8.04. The maximum absolute atomic E-state index is 4.41. The van der Waals surface area contributed by atoms with Gasteiger partial charge in [0.2, 0.25) is 0 Å². The van der Waals surface area contributed by atoms with Gasteiger partial charge in [-0.25, -0.2) is 4.98 Å². The highest BCUT2D eigenvalue weighted by Gasteiger charge is 2.16. The van der Waals surface area contributed by atoms with E-state index in [4.69, 9.17) is 0 Å². The lowest BCUT2D eigenvalue weighted by molar-refractivity contribution is 0.274. The van der Waals surface area contributed by atoms with Gasteiger partial charge in [0.05, 0.1) is 0 Å². The van der Waals surface area contributed by atoms with Crippen molar-refractivity contribution in [1.29, 1.82) is 0 Å². The van der Waals surface area contributed by atoms with E-state index in [0.717, 1.165) is 24.1 Å². The summed E-state index contributed by atoms with van der Waals surface area (Å²) in [4.78, 5) is 8.39. The average Bonchev–Trinajstić information content (AvgIpc) is 2.68. The molecule has 0 amide bonds. The summed E-state index contributed by atoms with van der Waals surface area (Å²) in [6.45, 7) is 8.99. The molecule has 0 aliphatic carbocycles. The highest BCUT2D eigenvalue weighted by atomic mass is 32.1. The second kappa shape index (κ2) is 7.10. The molecule has 1 saturated heterocycles. The topological polar surface area (TPSA) is 28.2 Å². The summed E-state index contributed by atoms with van der Waals surface area (Å²) in [7, 11) is 0. The predicted molar refractivity (Wildman–Crippen MR) is 79.2 cm³/mol. The molecule has 0 aromatic carbocycles. The molecule has 1 N–H and O–H groups in total. The van der Waals surface area contributed by atoms with Crippen LogP contribution in [0.15, 0.2) is 6.20 Å². The molecule has 102 valence electrons. The highest BCUT2D eigenvalue weighted by molar-refractivity contribution is 7.15. The third-order valence-corrected chi connectivity index (χ3v) is 4.72. The Balaban J connectivity index is 1.84. The second-order valence-electron chi connectivity index (χ2n) is 5.14. The van der Waals surface area contributed by atoms with Crippen LogP contribution in [0.2, 0.25) is 0 Å². The number of nitrogens with one attached hydrogen (secondary N) is 1. The number of aromatic nitrogens is 1. The molecule has 1 atom stereocenters. The van der Waals surface area contributed by atoms with Gasteiger partial charge in [-0.15, -0.1) is 11.3 Å². The van der Waals surface area contributed by atoms with Gasteiger partial charge in [-0.05, 0) is 45.2 Å². The lowest BCUT2D eigenvalue weighted by Gasteiger charge is -2.18. The molecule has 1 fully saturated rings. The quantitative estimate of drug-likeness (QED) is 0.883. The molecule has 1 unspecified atom stereocenters. The third kappa shape index (κ3) is 3.95. The largest absolute Gasteiger partial charge is 0.362 e. The van der Waals surface area contributed by atoms with Crippen molar-refractivity contribution in [3.63, 3.8) is 0 Å². The minimum absolute atomic E-state index is 0.953. The molecule has 3 nitrogen and oxygen atoms in total.